The number of hydrogen-bond donors (Lipinski definition) is 1. The lowest BCUT2D eigenvalue weighted by Crippen LogP contribution is -1.96. The predicted octanol–water partition coefficient (Wildman–Crippen LogP) is 2.68. The van der Waals surface area contributed by atoms with Crippen molar-refractivity contribution in [3.05, 3.63) is 64.2 Å². The lowest BCUT2D eigenvalue weighted by atomic mass is 10.2. The minimum atomic E-state index is -0.679. The van der Waals surface area contributed by atoms with E-state index >= 15 is 0 Å². The number of hydrogen-bond acceptors (Lipinski definition) is 4. The van der Waals surface area contributed by atoms with Gasteiger partial charge in [-0.3, -0.25) is 10.1 Å². The van der Waals surface area contributed by atoms with Crippen molar-refractivity contribution in [1.29, 1.82) is 0 Å². The SMILES string of the molecule is O=[N+]([O-])c1cc(OCc2ccccc2)c[c]c1O. The van der Waals surface area contributed by atoms with E-state index in [2.05, 4.69) is 6.07 Å². The van der Waals surface area contributed by atoms with Crippen LogP contribution in [0.5, 0.6) is 11.5 Å². The monoisotopic (exact) mass is 244 g/mol. The Kier molecular flexibility index (Phi) is 3.43. The van der Waals surface area contributed by atoms with Crippen molar-refractivity contribution in [2.75, 3.05) is 0 Å². The molecule has 5 heteroatoms. The molecule has 1 N–H and O–H groups in total. The zero-order valence-electron chi connectivity index (χ0n) is 9.37. The molecule has 0 aliphatic heterocycles. The van der Waals surface area contributed by atoms with E-state index in [0.29, 0.717) is 12.4 Å². The first-order valence-corrected chi connectivity index (χ1v) is 5.22. The molecule has 0 aliphatic carbocycles. The molecule has 5 nitrogen and oxygen atoms in total. The number of ether oxygens (including phenoxy) is 1. The van der Waals surface area contributed by atoms with E-state index in [1.807, 2.05) is 30.3 Å². The number of nitro groups is 1. The normalized spacial score (nSPS) is 10.0. The van der Waals surface area contributed by atoms with Crippen molar-refractivity contribution in [1.82, 2.24) is 0 Å². The summed E-state index contributed by atoms with van der Waals surface area (Å²) in [5.41, 5.74) is 0.536. The van der Waals surface area contributed by atoms with Crippen molar-refractivity contribution in [3.63, 3.8) is 0 Å². The fourth-order valence-electron chi connectivity index (χ4n) is 1.42. The number of benzene rings is 2. The van der Waals surface area contributed by atoms with Crippen LogP contribution < -0.4 is 4.74 Å². The summed E-state index contributed by atoms with van der Waals surface area (Å²) in [6.07, 6.45) is 0. The highest BCUT2D eigenvalue weighted by Gasteiger charge is 2.14. The first kappa shape index (κ1) is 11.9. The summed E-state index contributed by atoms with van der Waals surface area (Å²) >= 11 is 0. The molecule has 0 aliphatic rings. The summed E-state index contributed by atoms with van der Waals surface area (Å²) in [6, 6.07) is 14.3. The molecule has 91 valence electrons. The van der Waals surface area contributed by atoms with E-state index in [-0.39, 0.29) is 0 Å². The summed E-state index contributed by atoms with van der Waals surface area (Å²) < 4.78 is 5.39. The minimum Gasteiger partial charge on any atom is -0.502 e. The Balaban J connectivity index is 2.11. The van der Waals surface area contributed by atoms with Gasteiger partial charge in [0.1, 0.15) is 12.4 Å². The Bertz CT molecular complexity index is 554. The Labute approximate surface area is 103 Å². The second-order valence-electron chi connectivity index (χ2n) is 3.60. The van der Waals surface area contributed by atoms with E-state index < -0.39 is 16.4 Å². The third-order valence-electron chi connectivity index (χ3n) is 2.32. The zero-order chi connectivity index (χ0) is 13.0. The van der Waals surface area contributed by atoms with Gasteiger partial charge < -0.3 is 9.84 Å². The van der Waals surface area contributed by atoms with Crippen LogP contribution in [0.1, 0.15) is 5.56 Å². The zero-order valence-corrected chi connectivity index (χ0v) is 9.37. The Hall–Kier alpha value is -2.56. The number of aromatic hydroxyl groups is 1. The lowest BCUT2D eigenvalue weighted by Gasteiger charge is -2.06. The second kappa shape index (κ2) is 5.18. The highest BCUT2D eigenvalue weighted by atomic mass is 16.6. The van der Waals surface area contributed by atoms with Gasteiger partial charge in [0.05, 0.1) is 11.0 Å². The molecule has 2 aromatic carbocycles. The topological polar surface area (TPSA) is 72.6 Å². The van der Waals surface area contributed by atoms with Gasteiger partial charge in [0.25, 0.3) is 0 Å². The van der Waals surface area contributed by atoms with Gasteiger partial charge in [-0.05, 0) is 11.6 Å². The average molecular weight is 244 g/mol. The molecule has 0 saturated heterocycles. The molecule has 2 aromatic rings. The first-order chi connectivity index (χ1) is 8.66. The lowest BCUT2D eigenvalue weighted by molar-refractivity contribution is -0.386. The number of nitro benzene ring substituents is 1. The van der Waals surface area contributed by atoms with Crippen LogP contribution in [-0.4, -0.2) is 10.0 Å². The maximum Gasteiger partial charge on any atom is 0.315 e. The molecule has 0 amide bonds. The van der Waals surface area contributed by atoms with E-state index in [1.54, 1.807) is 0 Å². The molecule has 0 atom stereocenters. The Morgan fingerprint density at radius 2 is 2.06 bits per heavy atom. The summed E-state index contributed by atoms with van der Waals surface area (Å²) in [4.78, 5) is 9.94. The third-order valence-corrected chi connectivity index (χ3v) is 2.32. The Morgan fingerprint density at radius 3 is 2.72 bits per heavy atom. The first-order valence-electron chi connectivity index (χ1n) is 5.22. The number of phenols is 1. The maximum absolute atomic E-state index is 10.6. The van der Waals surface area contributed by atoms with Crippen molar-refractivity contribution in [3.8, 4) is 11.5 Å². The fourth-order valence-corrected chi connectivity index (χ4v) is 1.42. The summed E-state index contributed by atoms with van der Waals surface area (Å²) in [5, 5.41) is 19.9. The van der Waals surface area contributed by atoms with Crippen molar-refractivity contribution in [2.45, 2.75) is 6.61 Å². The molecule has 0 heterocycles. The minimum absolute atomic E-state index is 0.295. The predicted molar refractivity (Wildman–Crippen MR) is 64.4 cm³/mol. The molecule has 0 spiro atoms. The Morgan fingerprint density at radius 1 is 1.33 bits per heavy atom. The second-order valence-corrected chi connectivity index (χ2v) is 3.60. The van der Waals surface area contributed by atoms with Gasteiger partial charge in [-0.2, -0.15) is 0 Å². The van der Waals surface area contributed by atoms with Crippen LogP contribution in [0.15, 0.2) is 42.5 Å². The van der Waals surface area contributed by atoms with Crippen LogP contribution >= 0.6 is 0 Å². The molecule has 1 radical (unpaired) electrons. The molecule has 18 heavy (non-hydrogen) atoms. The molecular formula is C13H10NO4. The van der Waals surface area contributed by atoms with Crippen molar-refractivity contribution in [2.24, 2.45) is 0 Å². The molecule has 2 rings (SSSR count). The largest absolute Gasteiger partial charge is 0.502 e. The fraction of sp³-hybridized carbons (Fsp3) is 0.0769. The van der Waals surface area contributed by atoms with Crippen LogP contribution in [0.2, 0.25) is 0 Å². The number of phenolic OH excluding ortho intramolecular Hbond substituents is 1. The van der Waals surface area contributed by atoms with Crippen LogP contribution in [0.3, 0.4) is 0 Å². The van der Waals surface area contributed by atoms with Gasteiger partial charge in [-0.25, -0.2) is 0 Å². The van der Waals surface area contributed by atoms with Gasteiger partial charge in [0, 0.05) is 6.07 Å². The van der Waals surface area contributed by atoms with E-state index in [1.165, 1.54) is 12.1 Å². The van der Waals surface area contributed by atoms with Gasteiger partial charge in [-0.15, -0.1) is 0 Å². The smallest absolute Gasteiger partial charge is 0.315 e. The van der Waals surface area contributed by atoms with Crippen LogP contribution in [0.25, 0.3) is 0 Å². The van der Waals surface area contributed by atoms with Crippen LogP contribution in [0.4, 0.5) is 5.69 Å². The molecule has 0 bridgehead atoms. The van der Waals surface area contributed by atoms with Crippen molar-refractivity contribution < 1.29 is 14.8 Å². The number of rotatable bonds is 4. The van der Waals surface area contributed by atoms with Gasteiger partial charge in [0.15, 0.2) is 0 Å². The van der Waals surface area contributed by atoms with E-state index in [9.17, 15) is 15.2 Å². The van der Waals surface area contributed by atoms with E-state index in [0.717, 1.165) is 5.56 Å². The molecule has 0 saturated carbocycles. The summed E-state index contributed by atoms with van der Waals surface area (Å²) in [7, 11) is 0. The summed E-state index contributed by atoms with van der Waals surface area (Å²) in [6.45, 7) is 0.302. The van der Waals surface area contributed by atoms with Gasteiger partial charge >= 0.3 is 5.69 Å². The van der Waals surface area contributed by atoms with Crippen LogP contribution in [0, 0.1) is 16.2 Å². The van der Waals surface area contributed by atoms with Crippen molar-refractivity contribution >= 4 is 5.69 Å². The highest BCUT2D eigenvalue weighted by Crippen LogP contribution is 2.29. The van der Waals surface area contributed by atoms with Gasteiger partial charge in [-0.1, -0.05) is 30.3 Å². The summed E-state index contributed by atoms with van der Waals surface area (Å²) in [5.74, 6) is -0.199. The third kappa shape index (κ3) is 2.76. The standard InChI is InChI=1S/C13H10NO4/c15-13-7-6-11(8-12(13)14(16)17)18-9-10-4-2-1-3-5-10/h1-6,8,15H,9H2. The number of nitrogens with zero attached hydrogens (tertiary/aromatic N) is 1. The molecule has 0 unspecified atom stereocenters. The highest BCUT2D eigenvalue weighted by molar-refractivity contribution is 5.49. The average Bonchev–Trinajstić information content (AvgIpc) is 2.38. The molecule has 0 aromatic heterocycles. The molecule has 0 fully saturated rings. The van der Waals surface area contributed by atoms with Crippen LogP contribution in [-0.2, 0) is 6.61 Å². The van der Waals surface area contributed by atoms with Gasteiger partial charge in [0.2, 0.25) is 5.75 Å². The van der Waals surface area contributed by atoms with E-state index in [4.69, 9.17) is 4.74 Å². The quantitative estimate of drug-likeness (QED) is 0.662. The molecular weight excluding hydrogens is 234 g/mol. The maximum atomic E-state index is 10.6.